The minimum Gasteiger partial charge on any atom is -0.274 e. The van der Waals surface area contributed by atoms with Gasteiger partial charge in [0.1, 0.15) is 0 Å². The van der Waals surface area contributed by atoms with Gasteiger partial charge in [-0.05, 0) is 6.42 Å². The van der Waals surface area contributed by atoms with Crippen LogP contribution >= 0.6 is 0 Å². The van der Waals surface area contributed by atoms with Crippen molar-refractivity contribution in [2.45, 2.75) is 25.8 Å². The van der Waals surface area contributed by atoms with Crippen LogP contribution in [0.3, 0.4) is 0 Å². The number of nitrogens with one attached hydrogen (secondary N) is 1. The highest BCUT2D eigenvalue weighted by Gasteiger charge is 2.47. The van der Waals surface area contributed by atoms with Gasteiger partial charge in [0.05, 0.1) is 0 Å². The summed E-state index contributed by atoms with van der Waals surface area (Å²) in [5, 5.41) is 0. The second-order valence-corrected chi connectivity index (χ2v) is 4.40. The van der Waals surface area contributed by atoms with E-state index >= 15 is 0 Å². The lowest BCUT2D eigenvalue weighted by Crippen LogP contribution is -2.42. The molecule has 0 aliphatic heterocycles. The first-order valence-electron chi connectivity index (χ1n) is 3.74. The molecule has 0 aromatic rings. The van der Waals surface area contributed by atoms with E-state index in [-0.39, 0.29) is 6.42 Å². The molecule has 0 heterocycles. The number of sulfonamides is 1. The molecule has 8 heteroatoms. The zero-order valence-corrected chi connectivity index (χ0v) is 8.37. The summed E-state index contributed by atoms with van der Waals surface area (Å²) < 4.78 is 57.1. The second kappa shape index (κ2) is 4.16. The van der Waals surface area contributed by atoms with Gasteiger partial charge < -0.3 is 0 Å². The first-order valence-corrected chi connectivity index (χ1v) is 5.23. The van der Waals surface area contributed by atoms with E-state index < -0.39 is 27.4 Å². The Morgan fingerprint density at radius 2 is 1.86 bits per heavy atom. The van der Waals surface area contributed by atoms with Crippen LogP contribution in [0.2, 0.25) is 0 Å². The molecule has 0 saturated heterocycles. The summed E-state index contributed by atoms with van der Waals surface area (Å²) in [5.41, 5.74) is -5.45. The minimum atomic E-state index is -5.55. The Morgan fingerprint density at radius 1 is 1.43 bits per heavy atom. The van der Waals surface area contributed by atoms with Crippen LogP contribution in [0.4, 0.5) is 13.2 Å². The Morgan fingerprint density at radius 3 is 2.14 bits per heavy atom. The molecule has 14 heavy (non-hydrogen) atoms. The summed E-state index contributed by atoms with van der Waals surface area (Å²) in [5.74, 6) is -1.92. The zero-order valence-electron chi connectivity index (χ0n) is 7.55. The van der Waals surface area contributed by atoms with Crippen LogP contribution in [0.5, 0.6) is 0 Å². The molecular weight excluding hydrogens is 223 g/mol. The number of rotatable bonds is 3. The van der Waals surface area contributed by atoms with Gasteiger partial charge in [-0.15, -0.1) is 0 Å². The van der Waals surface area contributed by atoms with Crippen molar-refractivity contribution in [1.82, 2.24) is 4.72 Å². The molecule has 84 valence electrons. The highest BCUT2D eigenvalue weighted by atomic mass is 32.2. The average Bonchev–Trinajstić information content (AvgIpc) is 2.00. The number of alkyl halides is 3. The van der Waals surface area contributed by atoms with Gasteiger partial charge >= 0.3 is 15.5 Å². The van der Waals surface area contributed by atoms with Crippen LogP contribution in [0.15, 0.2) is 0 Å². The monoisotopic (exact) mass is 233 g/mol. The van der Waals surface area contributed by atoms with E-state index in [0.717, 1.165) is 4.72 Å². The number of amides is 1. The zero-order chi connectivity index (χ0) is 11.6. The molecule has 1 amide bonds. The number of halogens is 3. The van der Waals surface area contributed by atoms with Gasteiger partial charge in [0.2, 0.25) is 5.91 Å². The molecule has 0 aliphatic rings. The fourth-order valence-electron chi connectivity index (χ4n) is 0.476. The molecule has 1 unspecified atom stereocenters. The largest absolute Gasteiger partial charge is 0.516 e. The third-order valence-electron chi connectivity index (χ3n) is 1.60. The van der Waals surface area contributed by atoms with Crippen molar-refractivity contribution in [3.8, 4) is 0 Å². The highest BCUT2D eigenvalue weighted by molar-refractivity contribution is 7.90. The minimum absolute atomic E-state index is 0.263. The van der Waals surface area contributed by atoms with Crippen LogP contribution in [0.25, 0.3) is 0 Å². The lowest BCUT2D eigenvalue weighted by atomic mass is 10.1. The third-order valence-corrected chi connectivity index (χ3v) is 2.68. The molecule has 1 N–H and O–H groups in total. The number of hydrogen-bond acceptors (Lipinski definition) is 3. The quantitative estimate of drug-likeness (QED) is 0.790. The molecule has 0 aromatic carbocycles. The van der Waals surface area contributed by atoms with Crippen LogP contribution in [0, 0.1) is 5.92 Å². The standard InChI is InChI=1S/C6H10F3NO3S/c1-3-4(2)5(11)10-14(12,13)6(7,8)9/h4H,3H2,1-2H3,(H,10,11). The summed E-state index contributed by atoms with van der Waals surface area (Å²) in [4.78, 5) is 10.8. The molecule has 0 radical (unpaired) electrons. The summed E-state index contributed by atoms with van der Waals surface area (Å²) in [6, 6.07) is 0. The SMILES string of the molecule is CCC(C)C(=O)NS(=O)(=O)C(F)(F)F. The molecule has 0 saturated carbocycles. The number of hydrogen-bond donors (Lipinski definition) is 1. The van der Waals surface area contributed by atoms with Gasteiger partial charge in [0.15, 0.2) is 0 Å². The summed E-state index contributed by atoms with van der Waals surface area (Å²) in [6.07, 6.45) is 0.263. The smallest absolute Gasteiger partial charge is 0.274 e. The average molecular weight is 233 g/mol. The van der Waals surface area contributed by atoms with E-state index in [1.807, 2.05) is 0 Å². The molecule has 0 spiro atoms. The topological polar surface area (TPSA) is 63.2 Å². The van der Waals surface area contributed by atoms with Gasteiger partial charge in [-0.3, -0.25) is 4.79 Å². The third kappa shape index (κ3) is 3.17. The van der Waals surface area contributed by atoms with Crippen molar-refractivity contribution in [2.75, 3.05) is 0 Å². The second-order valence-electron chi connectivity index (χ2n) is 2.72. The molecule has 4 nitrogen and oxygen atoms in total. The van der Waals surface area contributed by atoms with Crippen LogP contribution in [-0.4, -0.2) is 19.8 Å². The van der Waals surface area contributed by atoms with Crippen molar-refractivity contribution >= 4 is 15.9 Å². The first kappa shape index (κ1) is 13.2. The molecule has 0 aromatic heterocycles. The highest BCUT2D eigenvalue weighted by Crippen LogP contribution is 2.21. The lowest BCUT2D eigenvalue weighted by molar-refractivity contribution is -0.123. The van der Waals surface area contributed by atoms with Crippen molar-refractivity contribution in [2.24, 2.45) is 5.92 Å². The number of carbonyl (C=O) groups is 1. The van der Waals surface area contributed by atoms with E-state index in [1.54, 1.807) is 6.92 Å². The maximum Gasteiger partial charge on any atom is 0.516 e. The van der Waals surface area contributed by atoms with E-state index in [9.17, 15) is 26.4 Å². The maximum absolute atomic E-state index is 11.8. The summed E-state index contributed by atoms with van der Waals surface area (Å²) in [6.45, 7) is 2.89. The Balaban J connectivity index is 4.63. The first-order chi connectivity index (χ1) is 6.12. The van der Waals surface area contributed by atoms with Crippen molar-refractivity contribution < 1.29 is 26.4 Å². The predicted molar refractivity (Wildman–Crippen MR) is 42.6 cm³/mol. The Bertz CT molecular complexity index is 309. The summed E-state index contributed by atoms with van der Waals surface area (Å²) >= 11 is 0. The van der Waals surface area contributed by atoms with Gasteiger partial charge in [-0.25, -0.2) is 4.72 Å². The molecule has 0 bridgehead atoms. The predicted octanol–water partition coefficient (Wildman–Crippen LogP) is 0.998. The van der Waals surface area contributed by atoms with Gasteiger partial charge in [-0.1, -0.05) is 13.8 Å². The molecule has 0 fully saturated rings. The van der Waals surface area contributed by atoms with Crippen LogP contribution in [-0.2, 0) is 14.8 Å². The van der Waals surface area contributed by atoms with E-state index in [4.69, 9.17) is 0 Å². The molecular formula is C6H10F3NO3S. The van der Waals surface area contributed by atoms with Crippen LogP contribution in [0.1, 0.15) is 20.3 Å². The summed E-state index contributed by atoms with van der Waals surface area (Å²) in [7, 11) is -5.55. The Labute approximate surface area is 79.5 Å². The van der Waals surface area contributed by atoms with E-state index in [1.165, 1.54) is 6.92 Å². The van der Waals surface area contributed by atoms with Gasteiger partial charge in [0.25, 0.3) is 0 Å². The van der Waals surface area contributed by atoms with Crippen molar-refractivity contribution in [3.05, 3.63) is 0 Å². The Kier molecular flexibility index (Phi) is 3.92. The van der Waals surface area contributed by atoms with Crippen molar-refractivity contribution in [3.63, 3.8) is 0 Å². The molecule has 1 atom stereocenters. The van der Waals surface area contributed by atoms with E-state index in [0.29, 0.717) is 0 Å². The van der Waals surface area contributed by atoms with Crippen LogP contribution < -0.4 is 4.72 Å². The Hall–Kier alpha value is -0.790. The molecule has 0 rings (SSSR count). The maximum atomic E-state index is 11.8. The normalized spacial score (nSPS) is 14.9. The van der Waals surface area contributed by atoms with E-state index in [2.05, 4.69) is 0 Å². The fraction of sp³-hybridized carbons (Fsp3) is 0.833. The van der Waals surface area contributed by atoms with Gasteiger partial charge in [-0.2, -0.15) is 21.6 Å². The number of carbonyl (C=O) groups excluding carboxylic acids is 1. The fourth-order valence-corrected chi connectivity index (χ4v) is 1.06. The van der Waals surface area contributed by atoms with Crippen molar-refractivity contribution in [1.29, 1.82) is 0 Å². The molecule has 0 aliphatic carbocycles. The lowest BCUT2D eigenvalue weighted by Gasteiger charge is -2.12. The van der Waals surface area contributed by atoms with Gasteiger partial charge in [0, 0.05) is 5.92 Å².